The number of likely N-dealkylation sites (tertiary alicyclic amines) is 1. The molecule has 1 aromatic carbocycles. The van der Waals surface area contributed by atoms with Gasteiger partial charge in [0, 0.05) is 30.8 Å². The largest absolute Gasteiger partial charge is 0.550 e. The number of hydrogen-bond donors (Lipinski definition) is 1. The van der Waals surface area contributed by atoms with Crippen LogP contribution in [0.15, 0.2) is 24.3 Å². The lowest BCUT2D eigenvalue weighted by atomic mass is 9.96. The van der Waals surface area contributed by atoms with Gasteiger partial charge in [0.2, 0.25) is 5.91 Å². The van der Waals surface area contributed by atoms with Gasteiger partial charge in [0.15, 0.2) is 6.04 Å². The molecule has 0 saturated carbocycles. The molecule has 3 rings (SSSR count). The van der Waals surface area contributed by atoms with E-state index in [1.165, 1.54) is 4.90 Å². The maximum atomic E-state index is 12.8. The number of imide groups is 1. The van der Waals surface area contributed by atoms with Gasteiger partial charge in [0.1, 0.15) is 5.75 Å². The quantitative estimate of drug-likeness (QED) is 0.674. The van der Waals surface area contributed by atoms with E-state index in [9.17, 15) is 19.5 Å². The van der Waals surface area contributed by atoms with E-state index >= 15 is 0 Å². The maximum absolute atomic E-state index is 12.8. The summed E-state index contributed by atoms with van der Waals surface area (Å²) in [5, 5.41) is 11.0. The van der Waals surface area contributed by atoms with Crippen molar-refractivity contribution in [3.8, 4) is 5.75 Å². The lowest BCUT2D eigenvalue weighted by molar-refractivity contribution is -0.920. The number of nitrogens with zero attached hydrogens (tertiary/aromatic N) is 1. The van der Waals surface area contributed by atoms with Crippen molar-refractivity contribution in [1.29, 1.82) is 0 Å². The molecule has 134 valence electrons. The number of hydrogen-bond acceptors (Lipinski definition) is 5. The van der Waals surface area contributed by atoms with Crippen LogP contribution < -0.4 is 19.6 Å². The number of rotatable bonds is 5. The molecule has 0 bridgehead atoms. The van der Waals surface area contributed by atoms with Crippen molar-refractivity contribution in [3.05, 3.63) is 24.3 Å². The molecular formula is C18H22N2O5. The van der Waals surface area contributed by atoms with Crippen molar-refractivity contribution in [1.82, 2.24) is 0 Å². The third kappa shape index (κ3) is 3.51. The summed E-state index contributed by atoms with van der Waals surface area (Å²) in [5.41, 5.74) is 0.521. The SMILES string of the molecule is CCOc1cccc(N2C(=O)C[C@@H]([NH+]3CCC(C(=O)[O-])CC3)C2=O)c1. The number of carbonyl (C=O) groups is 3. The Hall–Kier alpha value is -2.41. The van der Waals surface area contributed by atoms with Crippen LogP contribution in [0.5, 0.6) is 5.75 Å². The normalized spacial score (nSPS) is 26.8. The van der Waals surface area contributed by atoms with Crippen LogP contribution in [0.2, 0.25) is 0 Å². The average molecular weight is 346 g/mol. The molecule has 7 heteroatoms. The standard InChI is InChI=1S/C18H22N2O5/c1-2-25-14-5-3-4-13(10-14)20-16(21)11-15(17(20)22)19-8-6-12(7-9-19)18(23)24/h3-5,10,12,15H,2,6-9,11H2,1H3,(H,23,24)/t15-/m1/s1. The number of benzene rings is 1. The highest BCUT2D eigenvalue weighted by molar-refractivity contribution is 6.21. The first-order valence-electron chi connectivity index (χ1n) is 8.66. The highest BCUT2D eigenvalue weighted by Gasteiger charge is 2.46. The fraction of sp³-hybridized carbons (Fsp3) is 0.500. The Balaban J connectivity index is 1.72. The summed E-state index contributed by atoms with van der Waals surface area (Å²) in [6.45, 7) is 3.50. The van der Waals surface area contributed by atoms with Crippen molar-refractivity contribution >= 4 is 23.5 Å². The van der Waals surface area contributed by atoms with Gasteiger partial charge in [-0.1, -0.05) is 6.07 Å². The van der Waals surface area contributed by atoms with Crippen LogP contribution >= 0.6 is 0 Å². The molecule has 1 N–H and O–H groups in total. The molecule has 25 heavy (non-hydrogen) atoms. The van der Waals surface area contributed by atoms with Gasteiger partial charge in [-0.05, 0) is 19.1 Å². The summed E-state index contributed by atoms with van der Waals surface area (Å²) in [6, 6.07) is 6.52. The molecule has 2 saturated heterocycles. The van der Waals surface area contributed by atoms with Crippen molar-refractivity contribution in [2.75, 3.05) is 24.6 Å². The number of carbonyl (C=O) groups excluding carboxylic acids is 3. The van der Waals surface area contributed by atoms with Crippen LogP contribution in [0.25, 0.3) is 0 Å². The number of amides is 2. The number of carboxylic acid groups (broad SMARTS) is 1. The van der Waals surface area contributed by atoms with E-state index in [-0.39, 0.29) is 18.2 Å². The monoisotopic (exact) mass is 346 g/mol. The molecule has 1 aromatic rings. The number of ether oxygens (including phenoxy) is 1. The fourth-order valence-electron chi connectivity index (χ4n) is 3.67. The van der Waals surface area contributed by atoms with Crippen LogP contribution in [-0.2, 0) is 14.4 Å². The minimum absolute atomic E-state index is 0.156. The first-order chi connectivity index (χ1) is 12.0. The van der Waals surface area contributed by atoms with Gasteiger partial charge in [-0.15, -0.1) is 0 Å². The number of aliphatic carboxylic acids is 1. The predicted molar refractivity (Wildman–Crippen MR) is 86.9 cm³/mol. The molecule has 0 aromatic heterocycles. The molecule has 0 spiro atoms. The Kier molecular flexibility index (Phi) is 5.03. The molecule has 0 unspecified atom stereocenters. The van der Waals surface area contributed by atoms with Gasteiger partial charge in [-0.25, -0.2) is 4.90 Å². The van der Waals surface area contributed by atoms with Crippen molar-refractivity contribution < 1.29 is 29.1 Å². The van der Waals surface area contributed by atoms with Gasteiger partial charge >= 0.3 is 0 Å². The number of nitrogens with one attached hydrogen (secondary N) is 1. The topological polar surface area (TPSA) is 91.2 Å². The van der Waals surface area contributed by atoms with Gasteiger partial charge in [0.25, 0.3) is 5.91 Å². The lowest BCUT2D eigenvalue weighted by Gasteiger charge is -2.32. The van der Waals surface area contributed by atoms with Gasteiger partial charge in [-0.2, -0.15) is 0 Å². The second-order valence-electron chi connectivity index (χ2n) is 6.51. The first-order valence-corrected chi connectivity index (χ1v) is 8.66. The summed E-state index contributed by atoms with van der Waals surface area (Å²) in [5.74, 6) is -1.30. The molecular weight excluding hydrogens is 324 g/mol. The van der Waals surface area contributed by atoms with Crippen LogP contribution in [0, 0.1) is 5.92 Å². The summed E-state index contributed by atoms with van der Waals surface area (Å²) in [4.78, 5) is 38.4. The van der Waals surface area contributed by atoms with E-state index in [4.69, 9.17) is 4.74 Å². The predicted octanol–water partition coefficient (Wildman–Crippen LogP) is -1.24. The molecule has 0 aliphatic carbocycles. The van der Waals surface area contributed by atoms with Crippen molar-refractivity contribution in [2.45, 2.75) is 32.2 Å². The molecule has 0 radical (unpaired) electrons. The van der Waals surface area contributed by atoms with E-state index in [2.05, 4.69) is 0 Å². The van der Waals surface area contributed by atoms with E-state index in [0.29, 0.717) is 44.0 Å². The lowest BCUT2D eigenvalue weighted by Crippen LogP contribution is -3.17. The number of carboxylic acids is 1. The molecule has 1 atom stereocenters. The molecule has 2 fully saturated rings. The molecule has 2 aliphatic heterocycles. The minimum Gasteiger partial charge on any atom is -0.550 e. The summed E-state index contributed by atoms with van der Waals surface area (Å²) < 4.78 is 5.44. The van der Waals surface area contributed by atoms with E-state index in [1.54, 1.807) is 24.3 Å². The molecule has 2 aliphatic rings. The molecule has 2 amide bonds. The fourth-order valence-corrected chi connectivity index (χ4v) is 3.67. The number of quaternary nitrogens is 1. The first kappa shape index (κ1) is 17.4. The van der Waals surface area contributed by atoms with E-state index in [0.717, 1.165) is 4.90 Å². The third-order valence-electron chi connectivity index (χ3n) is 4.99. The second kappa shape index (κ2) is 7.23. The van der Waals surface area contributed by atoms with Gasteiger partial charge in [-0.3, -0.25) is 9.59 Å². The summed E-state index contributed by atoms with van der Waals surface area (Å²) >= 11 is 0. The highest BCUT2D eigenvalue weighted by atomic mass is 16.5. The Morgan fingerprint density at radius 3 is 2.68 bits per heavy atom. The summed E-state index contributed by atoms with van der Waals surface area (Å²) in [7, 11) is 0. The van der Waals surface area contributed by atoms with Crippen molar-refractivity contribution in [2.24, 2.45) is 5.92 Å². The number of piperidine rings is 1. The Morgan fingerprint density at radius 1 is 1.32 bits per heavy atom. The minimum atomic E-state index is -1.03. The van der Waals surface area contributed by atoms with E-state index in [1.807, 2.05) is 6.92 Å². The zero-order valence-electron chi connectivity index (χ0n) is 14.2. The van der Waals surface area contributed by atoms with Crippen LogP contribution in [-0.4, -0.2) is 43.5 Å². The Bertz CT molecular complexity index is 682. The zero-order valence-corrected chi connectivity index (χ0v) is 14.2. The van der Waals surface area contributed by atoms with Crippen LogP contribution in [0.1, 0.15) is 26.2 Å². The third-order valence-corrected chi connectivity index (χ3v) is 4.99. The number of anilines is 1. The Labute approximate surface area is 146 Å². The van der Waals surface area contributed by atoms with Gasteiger partial charge in [0.05, 0.1) is 31.8 Å². The maximum Gasteiger partial charge on any atom is 0.292 e. The van der Waals surface area contributed by atoms with E-state index < -0.39 is 17.9 Å². The summed E-state index contributed by atoms with van der Waals surface area (Å²) in [6.07, 6.45) is 1.12. The Morgan fingerprint density at radius 2 is 2.04 bits per heavy atom. The van der Waals surface area contributed by atoms with Gasteiger partial charge < -0.3 is 19.5 Å². The molecule has 7 nitrogen and oxygen atoms in total. The smallest absolute Gasteiger partial charge is 0.292 e. The average Bonchev–Trinajstić information content (AvgIpc) is 2.90. The highest BCUT2D eigenvalue weighted by Crippen LogP contribution is 2.26. The van der Waals surface area contributed by atoms with Crippen molar-refractivity contribution in [3.63, 3.8) is 0 Å². The van der Waals surface area contributed by atoms with Crippen LogP contribution in [0.3, 0.4) is 0 Å². The van der Waals surface area contributed by atoms with Crippen LogP contribution in [0.4, 0.5) is 5.69 Å². The second-order valence-corrected chi connectivity index (χ2v) is 6.51. The molecule has 2 heterocycles. The zero-order chi connectivity index (χ0) is 18.0.